The van der Waals surface area contributed by atoms with Crippen LogP contribution >= 0.6 is 0 Å². The first-order valence-corrected chi connectivity index (χ1v) is 7.36. The maximum absolute atomic E-state index is 10.5. The second-order valence-corrected chi connectivity index (χ2v) is 5.88. The first-order valence-electron chi connectivity index (χ1n) is 7.36. The largest absolute Gasteiger partial charge is 0.384 e. The minimum Gasteiger partial charge on any atom is -0.384 e. The van der Waals surface area contributed by atoms with Gasteiger partial charge >= 0.3 is 0 Å². The van der Waals surface area contributed by atoms with E-state index in [1.54, 1.807) is 0 Å². The number of aryl methyl sites for hydroxylation is 2. The third-order valence-electron chi connectivity index (χ3n) is 4.25. The zero-order valence-corrected chi connectivity index (χ0v) is 12.1. The summed E-state index contributed by atoms with van der Waals surface area (Å²) in [5.41, 5.74) is 5.19. The first kappa shape index (κ1) is 13.3. The monoisotopic (exact) mass is 267 g/mol. The van der Waals surface area contributed by atoms with Crippen molar-refractivity contribution in [2.75, 3.05) is 0 Å². The van der Waals surface area contributed by atoms with Gasteiger partial charge in [0.05, 0.1) is 0 Å². The lowest BCUT2D eigenvalue weighted by molar-refractivity contribution is 0.220. The van der Waals surface area contributed by atoms with Crippen molar-refractivity contribution in [2.24, 2.45) is 0 Å². The molecule has 1 aliphatic rings. The summed E-state index contributed by atoms with van der Waals surface area (Å²) >= 11 is 0. The number of rotatable bonds is 3. The van der Waals surface area contributed by atoms with E-state index in [4.69, 9.17) is 0 Å². The Morgan fingerprint density at radius 3 is 2.10 bits per heavy atom. The molecule has 20 heavy (non-hydrogen) atoms. The highest BCUT2D eigenvalue weighted by Crippen LogP contribution is 2.36. The van der Waals surface area contributed by atoms with Crippen LogP contribution in [0.4, 0.5) is 0 Å². The van der Waals surface area contributed by atoms with Gasteiger partial charge in [-0.2, -0.15) is 0 Å². The molecule has 1 unspecified atom stereocenters. The lowest BCUT2D eigenvalue weighted by Crippen LogP contribution is -2.09. The van der Waals surface area contributed by atoms with Crippen molar-refractivity contribution in [1.29, 1.82) is 0 Å². The molecule has 0 aliphatic heterocycles. The number of aliphatic hydroxyl groups is 1. The van der Waals surface area contributed by atoms with Crippen molar-refractivity contribution in [2.45, 2.75) is 45.1 Å². The average Bonchev–Trinajstić information content (AvgIpc) is 2.35. The first-order chi connectivity index (χ1) is 9.63. The SMILES string of the molecule is Cc1cc(C(O)c2ccc(C3CCC3)cc2)cc(C)n1. The fourth-order valence-electron chi connectivity index (χ4n) is 2.91. The fraction of sp³-hybridized carbons (Fsp3) is 0.389. The Labute approximate surface area is 120 Å². The van der Waals surface area contributed by atoms with Gasteiger partial charge in [-0.05, 0) is 61.4 Å². The van der Waals surface area contributed by atoms with Crippen molar-refractivity contribution in [3.8, 4) is 0 Å². The van der Waals surface area contributed by atoms with Crippen LogP contribution in [0.25, 0.3) is 0 Å². The summed E-state index contributed by atoms with van der Waals surface area (Å²) in [5, 5.41) is 10.5. The second kappa shape index (κ2) is 5.37. The van der Waals surface area contributed by atoms with Crippen LogP contribution in [0.2, 0.25) is 0 Å². The number of hydrogen-bond donors (Lipinski definition) is 1. The smallest absolute Gasteiger partial charge is 0.104 e. The molecule has 0 saturated heterocycles. The van der Waals surface area contributed by atoms with Crippen LogP contribution in [0.15, 0.2) is 36.4 Å². The molecule has 1 aliphatic carbocycles. The molecule has 1 aromatic heterocycles. The molecule has 0 amide bonds. The van der Waals surface area contributed by atoms with Crippen molar-refractivity contribution in [3.05, 3.63) is 64.5 Å². The number of aliphatic hydroxyl groups excluding tert-OH is 1. The van der Waals surface area contributed by atoms with Crippen LogP contribution < -0.4 is 0 Å². The van der Waals surface area contributed by atoms with Crippen LogP contribution in [0.1, 0.15) is 59.4 Å². The molecule has 1 fully saturated rings. The van der Waals surface area contributed by atoms with E-state index < -0.39 is 6.10 Å². The summed E-state index contributed by atoms with van der Waals surface area (Å²) < 4.78 is 0. The molecule has 104 valence electrons. The predicted octanol–water partition coefficient (Wildman–Crippen LogP) is 4.05. The maximum atomic E-state index is 10.5. The molecular formula is C18H21NO. The Hall–Kier alpha value is -1.67. The summed E-state index contributed by atoms with van der Waals surface area (Å²) in [4.78, 5) is 4.36. The number of pyridine rings is 1. The molecule has 2 nitrogen and oxygen atoms in total. The molecule has 1 atom stereocenters. The number of nitrogens with zero attached hydrogens (tertiary/aromatic N) is 1. The van der Waals surface area contributed by atoms with Gasteiger partial charge in [-0.1, -0.05) is 30.7 Å². The minimum atomic E-state index is -0.564. The molecule has 2 heteroatoms. The third-order valence-corrected chi connectivity index (χ3v) is 4.25. The van der Waals surface area contributed by atoms with E-state index in [0.717, 1.165) is 28.4 Å². The molecule has 0 bridgehead atoms. The Morgan fingerprint density at radius 1 is 1.00 bits per heavy atom. The lowest BCUT2D eigenvalue weighted by Gasteiger charge is -2.26. The number of hydrogen-bond acceptors (Lipinski definition) is 2. The Kier molecular flexibility index (Phi) is 3.58. The van der Waals surface area contributed by atoms with E-state index in [1.807, 2.05) is 26.0 Å². The molecule has 0 spiro atoms. The quantitative estimate of drug-likeness (QED) is 0.910. The van der Waals surface area contributed by atoms with E-state index in [-0.39, 0.29) is 0 Å². The maximum Gasteiger partial charge on any atom is 0.104 e. The van der Waals surface area contributed by atoms with Crippen LogP contribution in [0.3, 0.4) is 0 Å². The number of aromatic nitrogens is 1. The molecule has 1 aromatic carbocycles. The zero-order chi connectivity index (χ0) is 14.1. The lowest BCUT2D eigenvalue weighted by atomic mass is 9.80. The standard InChI is InChI=1S/C18H21NO/c1-12-10-17(11-13(2)19-12)18(20)16-8-6-15(7-9-16)14-4-3-5-14/h6-11,14,18,20H,3-5H2,1-2H3. The van der Waals surface area contributed by atoms with E-state index in [0.29, 0.717) is 0 Å². The summed E-state index contributed by atoms with van der Waals surface area (Å²) in [5.74, 6) is 0.742. The molecule has 3 rings (SSSR count). The van der Waals surface area contributed by atoms with Gasteiger partial charge in [0.25, 0.3) is 0 Å². The summed E-state index contributed by atoms with van der Waals surface area (Å²) in [7, 11) is 0. The van der Waals surface area contributed by atoms with Crippen LogP contribution in [-0.2, 0) is 0 Å². The Morgan fingerprint density at radius 2 is 1.60 bits per heavy atom. The molecule has 2 aromatic rings. The van der Waals surface area contributed by atoms with Gasteiger partial charge in [0.1, 0.15) is 6.10 Å². The topological polar surface area (TPSA) is 33.1 Å². The molecule has 0 radical (unpaired) electrons. The van der Waals surface area contributed by atoms with Gasteiger partial charge in [-0.3, -0.25) is 4.98 Å². The van der Waals surface area contributed by atoms with Crippen LogP contribution in [-0.4, -0.2) is 10.1 Å². The van der Waals surface area contributed by atoms with Gasteiger partial charge in [0.15, 0.2) is 0 Å². The van der Waals surface area contributed by atoms with Crippen LogP contribution in [0, 0.1) is 13.8 Å². The van der Waals surface area contributed by atoms with Gasteiger partial charge in [-0.25, -0.2) is 0 Å². The summed E-state index contributed by atoms with van der Waals surface area (Å²) in [6, 6.07) is 12.4. The van der Waals surface area contributed by atoms with Gasteiger partial charge in [-0.15, -0.1) is 0 Å². The van der Waals surface area contributed by atoms with Crippen molar-refractivity contribution in [3.63, 3.8) is 0 Å². The minimum absolute atomic E-state index is 0.564. The Bertz CT molecular complexity index is 579. The van der Waals surface area contributed by atoms with Crippen molar-refractivity contribution in [1.82, 2.24) is 4.98 Å². The van der Waals surface area contributed by atoms with Gasteiger partial charge in [0, 0.05) is 11.4 Å². The van der Waals surface area contributed by atoms with E-state index >= 15 is 0 Å². The Balaban J connectivity index is 1.83. The van der Waals surface area contributed by atoms with Gasteiger partial charge in [0.2, 0.25) is 0 Å². The van der Waals surface area contributed by atoms with Crippen molar-refractivity contribution < 1.29 is 5.11 Å². The molecule has 1 heterocycles. The highest BCUT2D eigenvalue weighted by atomic mass is 16.3. The molecular weight excluding hydrogens is 246 g/mol. The number of benzene rings is 1. The van der Waals surface area contributed by atoms with Crippen LogP contribution in [0.5, 0.6) is 0 Å². The zero-order valence-electron chi connectivity index (χ0n) is 12.1. The average molecular weight is 267 g/mol. The fourth-order valence-corrected chi connectivity index (χ4v) is 2.91. The summed E-state index contributed by atoms with van der Waals surface area (Å²) in [6.45, 7) is 3.92. The highest BCUT2D eigenvalue weighted by molar-refractivity contribution is 5.34. The predicted molar refractivity (Wildman–Crippen MR) is 80.8 cm³/mol. The van der Waals surface area contributed by atoms with E-state index in [2.05, 4.69) is 29.2 Å². The normalized spacial score (nSPS) is 16.8. The third kappa shape index (κ3) is 2.61. The van der Waals surface area contributed by atoms with E-state index in [1.165, 1.54) is 24.8 Å². The summed E-state index contributed by atoms with van der Waals surface area (Å²) in [6.07, 6.45) is 3.41. The highest BCUT2D eigenvalue weighted by Gasteiger charge is 2.19. The molecule has 1 N–H and O–H groups in total. The van der Waals surface area contributed by atoms with Crippen molar-refractivity contribution >= 4 is 0 Å². The second-order valence-electron chi connectivity index (χ2n) is 5.88. The molecule has 1 saturated carbocycles. The van der Waals surface area contributed by atoms with E-state index in [9.17, 15) is 5.11 Å². The van der Waals surface area contributed by atoms with Gasteiger partial charge < -0.3 is 5.11 Å².